The monoisotopic (exact) mass is 328 g/mol. The SMILES string of the molecule is O=C(/C=C/c1ccc(C(=O)CN=Cc2ccc(CO)o2)cc1)NO. The zero-order valence-electron chi connectivity index (χ0n) is 12.7. The maximum Gasteiger partial charge on any atom is 0.267 e. The highest BCUT2D eigenvalue weighted by molar-refractivity contribution is 5.99. The summed E-state index contributed by atoms with van der Waals surface area (Å²) in [5, 5.41) is 17.3. The van der Waals surface area contributed by atoms with Crippen LogP contribution in [-0.2, 0) is 11.4 Å². The zero-order chi connectivity index (χ0) is 17.4. The highest BCUT2D eigenvalue weighted by Gasteiger charge is 2.04. The van der Waals surface area contributed by atoms with E-state index in [0.717, 1.165) is 0 Å². The average Bonchev–Trinajstić information content (AvgIpc) is 3.08. The van der Waals surface area contributed by atoms with Crippen LogP contribution in [0, 0.1) is 0 Å². The predicted molar refractivity (Wildman–Crippen MR) is 86.8 cm³/mol. The first-order chi connectivity index (χ1) is 11.6. The van der Waals surface area contributed by atoms with Crippen LogP contribution in [0.1, 0.15) is 27.4 Å². The molecule has 3 N–H and O–H groups in total. The minimum Gasteiger partial charge on any atom is -0.458 e. The lowest BCUT2D eigenvalue weighted by atomic mass is 10.1. The second-order valence-electron chi connectivity index (χ2n) is 4.79. The topological polar surface area (TPSA) is 112 Å². The maximum absolute atomic E-state index is 12.0. The molecule has 0 aliphatic heterocycles. The Morgan fingerprint density at radius 3 is 2.54 bits per heavy atom. The third kappa shape index (κ3) is 5.01. The molecule has 0 fully saturated rings. The molecular formula is C17H16N2O5. The number of aliphatic hydroxyl groups excluding tert-OH is 1. The highest BCUT2D eigenvalue weighted by atomic mass is 16.5. The molecule has 0 saturated heterocycles. The van der Waals surface area contributed by atoms with Crippen LogP contribution in [-0.4, -0.2) is 34.8 Å². The largest absolute Gasteiger partial charge is 0.458 e. The Balaban J connectivity index is 1.92. The van der Waals surface area contributed by atoms with Gasteiger partial charge in [0.05, 0.1) is 6.21 Å². The second kappa shape index (κ2) is 8.56. The molecule has 0 spiro atoms. The average molecular weight is 328 g/mol. The summed E-state index contributed by atoms with van der Waals surface area (Å²) < 4.78 is 5.22. The first kappa shape index (κ1) is 17.3. The predicted octanol–water partition coefficient (Wildman–Crippen LogP) is 1.59. The Hall–Kier alpha value is -3.03. The second-order valence-corrected chi connectivity index (χ2v) is 4.79. The van der Waals surface area contributed by atoms with Crippen molar-refractivity contribution in [3.05, 3.63) is 65.1 Å². The molecular weight excluding hydrogens is 312 g/mol. The minimum absolute atomic E-state index is 0.0305. The third-order valence-corrected chi connectivity index (χ3v) is 3.06. The summed E-state index contributed by atoms with van der Waals surface area (Å²) in [4.78, 5) is 26.9. The smallest absolute Gasteiger partial charge is 0.267 e. The van der Waals surface area contributed by atoms with Gasteiger partial charge in [0.25, 0.3) is 5.91 Å². The molecule has 0 aliphatic carbocycles. The number of furan rings is 1. The van der Waals surface area contributed by atoms with Crippen LogP contribution in [0.4, 0.5) is 0 Å². The lowest BCUT2D eigenvalue weighted by molar-refractivity contribution is -0.124. The molecule has 0 saturated carbocycles. The van der Waals surface area contributed by atoms with Gasteiger partial charge >= 0.3 is 0 Å². The van der Waals surface area contributed by atoms with Crippen LogP contribution in [0.3, 0.4) is 0 Å². The highest BCUT2D eigenvalue weighted by Crippen LogP contribution is 2.08. The summed E-state index contributed by atoms with van der Waals surface area (Å²) in [7, 11) is 0. The molecule has 0 aliphatic rings. The van der Waals surface area contributed by atoms with Crippen LogP contribution in [0.2, 0.25) is 0 Å². The van der Waals surface area contributed by atoms with E-state index in [1.807, 2.05) is 0 Å². The number of hydrogen-bond acceptors (Lipinski definition) is 6. The molecule has 0 bridgehead atoms. The lowest BCUT2D eigenvalue weighted by Gasteiger charge is -1.99. The molecule has 0 radical (unpaired) electrons. The zero-order valence-corrected chi connectivity index (χ0v) is 12.7. The number of carbonyl (C=O) groups is 2. The summed E-state index contributed by atoms with van der Waals surface area (Å²) in [6, 6.07) is 9.91. The van der Waals surface area contributed by atoms with E-state index < -0.39 is 5.91 Å². The van der Waals surface area contributed by atoms with Crippen LogP contribution in [0.25, 0.3) is 6.08 Å². The van der Waals surface area contributed by atoms with Crippen molar-refractivity contribution in [1.29, 1.82) is 0 Å². The minimum atomic E-state index is -0.633. The number of carbonyl (C=O) groups excluding carboxylic acids is 2. The number of aliphatic hydroxyl groups is 1. The van der Waals surface area contributed by atoms with Crippen LogP contribution < -0.4 is 5.48 Å². The van der Waals surface area contributed by atoms with Crippen molar-refractivity contribution < 1.29 is 24.3 Å². The Kier molecular flexibility index (Phi) is 6.18. The summed E-state index contributed by atoms with van der Waals surface area (Å²) in [5.41, 5.74) is 2.70. The van der Waals surface area contributed by atoms with Crippen LogP contribution >= 0.6 is 0 Å². The van der Waals surface area contributed by atoms with E-state index >= 15 is 0 Å². The molecule has 1 aromatic carbocycles. The standard InChI is InChI=1S/C17H16N2O5/c20-11-15-7-6-14(24-15)9-18-10-16(21)13-4-1-12(2-5-13)3-8-17(22)19-23/h1-9,20,23H,10-11H2,(H,19,22)/b8-3+,18-9?. The number of aliphatic imine (C=N–C) groups is 1. The van der Waals surface area contributed by atoms with Crippen molar-refractivity contribution in [2.75, 3.05) is 6.54 Å². The number of benzene rings is 1. The molecule has 124 valence electrons. The van der Waals surface area contributed by atoms with E-state index in [-0.39, 0.29) is 18.9 Å². The molecule has 7 heteroatoms. The Labute approximate surface area is 137 Å². The number of ketones is 1. The summed E-state index contributed by atoms with van der Waals surface area (Å²) in [5.74, 6) is 0.103. The molecule has 0 unspecified atom stereocenters. The normalized spacial score (nSPS) is 11.2. The van der Waals surface area contributed by atoms with Gasteiger partial charge in [0.2, 0.25) is 0 Å². The van der Waals surface area contributed by atoms with E-state index in [2.05, 4.69) is 4.99 Å². The molecule has 1 aromatic heterocycles. The van der Waals surface area contributed by atoms with Crippen LogP contribution in [0.15, 0.2) is 51.9 Å². The van der Waals surface area contributed by atoms with Crippen LogP contribution in [0.5, 0.6) is 0 Å². The van der Waals surface area contributed by atoms with Crippen molar-refractivity contribution in [3.63, 3.8) is 0 Å². The van der Waals surface area contributed by atoms with Gasteiger partial charge in [0.1, 0.15) is 24.7 Å². The Bertz CT molecular complexity index is 760. The van der Waals surface area contributed by atoms with Crippen molar-refractivity contribution in [2.24, 2.45) is 4.99 Å². The maximum atomic E-state index is 12.0. The van der Waals surface area contributed by atoms with Gasteiger partial charge < -0.3 is 9.52 Å². The van der Waals surface area contributed by atoms with E-state index in [1.165, 1.54) is 23.8 Å². The van der Waals surface area contributed by atoms with Gasteiger partial charge in [0, 0.05) is 11.6 Å². The van der Waals surface area contributed by atoms with Gasteiger partial charge in [-0.3, -0.25) is 19.8 Å². The van der Waals surface area contributed by atoms with E-state index in [0.29, 0.717) is 22.6 Å². The molecule has 1 amide bonds. The molecule has 0 atom stereocenters. The van der Waals surface area contributed by atoms with Crippen molar-refractivity contribution in [1.82, 2.24) is 5.48 Å². The fourth-order valence-electron chi connectivity index (χ4n) is 1.85. The fraction of sp³-hybridized carbons (Fsp3) is 0.118. The van der Waals surface area contributed by atoms with Crippen molar-refractivity contribution in [2.45, 2.75) is 6.61 Å². The number of Topliss-reactive ketones (excluding diaryl/α,β-unsaturated/α-hetero) is 1. The number of nitrogens with one attached hydrogen (secondary N) is 1. The van der Waals surface area contributed by atoms with E-state index in [9.17, 15) is 9.59 Å². The van der Waals surface area contributed by atoms with Gasteiger partial charge in [-0.2, -0.15) is 0 Å². The van der Waals surface area contributed by atoms with E-state index in [4.69, 9.17) is 14.7 Å². The Morgan fingerprint density at radius 1 is 1.17 bits per heavy atom. The molecule has 1 heterocycles. The number of amides is 1. The molecule has 7 nitrogen and oxygen atoms in total. The van der Waals surface area contributed by atoms with Crippen molar-refractivity contribution >= 4 is 24.0 Å². The first-order valence-electron chi connectivity index (χ1n) is 7.07. The van der Waals surface area contributed by atoms with E-state index in [1.54, 1.807) is 36.4 Å². The summed E-state index contributed by atoms with van der Waals surface area (Å²) in [6.45, 7) is -0.217. The summed E-state index contributed by atoms with van der Waals surface area (Å²) in [6.07, 6.45) is 4.11. The quantitative estimate of drug-likeness (QED) is 0.235. The van der Waals surface area contributed by atoms with Gasteiger partial charge in [-0.15, -0.1) is 0 Å². The number of rotatable bonds is 7. The molecule has 24 heavy (non-hydrogen) atoms. The third-order valence-electron chi connectivity index (χ3n) is 3.06. The fourth-order valence-corrected chi connectivity index (χ4v) is 1.85. The first-order valence-corrected chi connectivity index (χ1v) is 7.07. The van der Waals surface area contributed by atoms with Gasteiger partial charge in [0.15, 0.2) is 5.78 Å². The van der Waals surface area contributed by atoms with Crippen molar-refractivity contribution in [3.8, 4) is 0 Å². The number of nitrogens with zero attached hydrogens (tertiary/aromatic N) is 1. The lowest BCUT2D eigenvalue weighted by Crippen LogP contribution is -2.14. The van der Waals surface area contributed by atoms with Gasteiger partial charge in [-0.1, -0.05) is 24.3 Å². The number of hydroxylamine groups is 1. The van der Waals surface area contributed by atoms with Gasteiger partial charge in [-0.25, -0.2) is 5.48 Å². The number of hydrogen-bond donors (Lipinski definition) is 3. The molecule has 2 aromatic rings. The summed E-state index contributed by atoms with van der Waals surface area (Å²) >= 11 is 0. The molecule has 2 rings (SSSR count). The van der Waals surface area contributed by atoms with Gasteiger partial charge in [-0.05, 0) is 23.8 Å². The Morgan fingerprint density at radius 2 is 1.92 bits per heavy atom.